The lowest BCUT2D eigenvalue weighted by Crippen LogP contribution is -2.25. The molecule has 31 heavy (non-hydrogen) atoms. The average Bonchev–Trinajstić information content (AvgIpc) is 3.45. The molecule has 0 unspecified atom stereocenters. The van der Waals surface area contributed by atoms with Gasteiger partial charge in [0.25, 0.3) is 0 Å². The van der Waals surface area contributed by atoms with Crippen molar-refractivity contribution in [2.24, 2.45) is 0 Å². The van der Waals surface area contributed by atoms with Gasteiger partial charge in [0.15, 0.2) is 17.3 Å². The first-order chi connectivity index (χ1) is 14.9. The molecule has 10 heteroatoms. The topological polar surface area (TPSA) is 128 Å². The van der Waals surface area contributed by atoms with E-state index in [1.165, 1.54) is 12.8 Å². The fourth-order valence-electron chi connectivity index (χ4n) is 3.61. The second-order valence-electron chi connectivity index (χ2n) is 8.06. The molecule has 1 aliphatic rings. The van der Waals surface area contributed by atoms with E-state index in [-0.39, 0.29) is 5.82 Å². The van der Waals surface area contributed by atoms with Crippen molar-refractivity contribution in [3.8, 4) is 29.2 Å². The van der Waals surface area contributed by atoms with Crippen LogP contribution in [-0.4, -0.2) is 66.7 Å². The molecule has 164 valence electrons. The number of nitrogen functional groups attached to an aromatic ring is 1. The highest BCUT2D eigenvalue weighted by atomic mass is 16.6. The Morgan fingerprint density at radius 1 is 1.26 bits per heavy atom. The zero-order chi connectivity index (χ0) is 22.0. The third kappa shape index (κ3) is 4.62. The van der Waals surface area contributed by atoms with Crippen molar-refractivity contribution in [2.75, 3.05) is 32.0 Å². The van der Waals surface area contributed by atoms with Crippen molar-refractivity contribution in [1.29, 1.82) is 0 Å². The van der Waals surface area contributed by atoms with Crippen LogP contribution >= 0.6 is 0 Å². The van der Waals surface area contributed by atoms with E-state index in [0.717, 1.165) is 25.2 Å². The molecule has 10 nitrogen and oxygen atoms in total. The van der Waals surface area contributed by atoms with Crippen molar-refractivity contribution >= 4 is 16.9 Å². The number of fused-ring (bicyclic) bond motifs is 1. The Hall–Kier alpha value is -3.16. The van der Waals surface area contributed by atoms with Crippen molar-refractivity contribution < 1.29 is 14.5 Å². The fourth-order valence-corrected chi connectivity index (χ4v) is 3.61. The Morgan fingerprint density at radius 2 is 2.03 bits per heavy atom. The summed E-state index contributed by atoms with van der Waals surface area (Å²) in [5, 5.41) is 17.6. The molecule has 0 atom stereocenters. The third-order valence-corrected chi connectivity index (χ3v) is 5.10. The van der Waals surface area contributed by atoms with Crippen LogP contribution < -0.4 is 10.5 Å². The van der Waals surface area contributed by atoms with Crippen LogP contribution in [0, 0.1) is 11.8 Å². The molecule has 1 aliphatic heterocycles. The van der Waals surface area contributed by atoms with Gasteiger partial charge in [-0.3, -0.25) is 4.90 Å². The van der Waals surface area contributed by atoms with Crippen LogP contribution in [0.5, 0.6) is 5.88 Å². The van der Waals surface area contributed by atoms with Gasteiger partial charge in [-0.05, 0) is 62.9 Å². The quantitative estimate of drug-likeness (QED) is 0.567. The zero-order valence-corrected chi connectivity index (χ0v) is 18.1. The molecule has 1 fully saturated rings. The van der Waals surface area contributed by atoms with Gasteiger partial charge in [0.1, 0.15) is 23.4 Å². The number of hydrogen-bond donors (Lipinski definition) is 2. The molecule has 1 saturated heterocycles. The molecule has 3 aromatic rings. The maximum Gasteiger partial charge on any atom is 0.216 e. The maximum atomic E-state index is 10.1. The lowest BCUT2D eigenvalue weighted by Gasteiger charge is -2.14. The first-order valence-electron chi connectivity index (χ1n) is 10.5. The number of likely N-dealkylation sites (tertiary alicyclic amines) is 1. The zero-order valence-electron chi connectivity index (χ0n) is 18.1. The number of hydrogen-bond acceptors (Lipinski definition) is 9. The molecule has 4 rings (SSSR count). The summed E-state index contributed by atoms with van der Waals surface area (Å²) in [7, 11) is 0. The lowest BCUT2D eigenvalue weighted by atomic mass is 10.1. The van der Waals surface area contributed by atoms with E-state index in [1.807, 2.05) is 17.6 Å². The minimum absolute atomic E-state index is 0.157. The van der Waals surface area contributed by atoms with Crippen LogP contribution in [0.4, 0.5) is 5.82 Å². The average molecular weight is 425 g/mol. The molecule has 0 bridgehead atoms. The SMILES string of the molecule is CCn1c(-c2nonc2N)nc2c(C#CC(C)(C)O)nc(OCCN3CCCC3)cc21. The lowest BCUT2D eigenvalue weighted by molar-refractivity contribution is 0.143. The summed E-state index contributed by atoms with van der Waals surface area (Å²) in [5.41, 5.74) is 6.86. The van der Waals surface area contributed by atoms with Crippen molar-refractivity contribution in [3.05, 3.63) is 11.8 Å². The second-order valence-corrected chi connectivity index (χ2v) is 8.06. The standard InChI is InChI=1S/C21H27N7O3/c1-4-28-15-13-16(30-12-11-27-9-5-6-10-27)23-14(7-8-21(2,3)29)17(15)24-20(28)18-19(22)26-31-25-18/h13,29H,4-6,9-12H2,1-3H3,(H2,22,26). The van der Waals surface area contributed by atoms with Gasteiger partial charge < -0.3 is 20.1 Å². The first kappa shape index (κ1) is 21.1. The highest BCUT2D eigenvalue weighted by molar-refractivity contribution is 5.86. The van der Waals surface area contributed by atoms with Crippen LogP contribution in [0.3, 0.4) is 0 Å². The van der Waals surface area contributed by atoms with Gasteiger partial charge >= 0.3 is 0 Å². The minimum Gasteiger partial charge on any atom is -0.476 e. The minimum atomic E-state index is -1.17. The van der Waals surface area contributed by atoms with E-state index in [2.05, 4.69) is 37.0 Å². The van der Waals surface area contributed by atoms with Crippen LogP contribution in [0.15, 0.2) is 10.7 Å². The number of rotatable bonds is 6. The number of nitrogens with zero attached hydrogens (tertiary/aromatic N) is 6. The monoisotopic (exact) mass is 425 g/mol. The van der Waals surface area contributed by atoms with Crippen molar-refractivity contribution in [3.63, 3.8) is 0 Å². The summed E-state index contributed by atoms with van der Waals surface area (Å²) < 4.78 is 12.7. The maximum absolute atomic E-state index is 10.1. The number of pyridine rings is 1. The van der Waals surface area contributed by atoms with Crippen LogP contribution in [-0.2, 0) is 6.54 Å². The summed E-state index contributed by atoms with van der Waals surface area (Å²) in [6.07, 6.45) is 2.47. The number of ether oxygens (including phenoxy) is 1. The van der Waals surface area contributed by atoms with E-state index in [9.17, 15) is 5.11 Å². The number of aromatic nitrogens is 5. The summed E-state index contributed by atoms with van der Waals surface area (Å²) in [6, 6.07) is 1.85. The van der Waals surface area contributed by atoms with Gasteiger partial charge in [-0.15, -0.1) is 0 Å². The van der Waals surface area contributed by atoms with E-state index in [4.69, 9.17) is 15.1 Å². The predicted molar refractivity (Wildman–Crippen MR) is 115 cm³/mol. The molecule has 0 saturated carbocycles. The van der Waals surface area contributed by atoms with E-state index < -0.39 is 5.60 Å². The Labute approximate surface area is 180 Å². The Bertz CT molecular complexity index is 1130. The number of aryl methyl sites for hydroxylation is 1. The van der Waals surface area contributed by atoms with Crippen molar-refractivity contribution in [2.45, 2.75) is 45.8 Å². The number of imidazole rings is 1. The molecular formula is C21H27N7O3. The molecule has 0 spiro atoms. The molecule has 0 aromatic carbocycles. The van der Waals surface area contributed by atoms with Crippen LogP contribution in [0.1, 0.15) is 39.3 Å². The van der Waals surface area contributed by atoms with Gasteiger partial charge in [-0.1, -0.05) is 5.92 Å². The molecule has 4 heterocycles. The highest BCUT2D eigenvalue weighted by Gasteiger charge is 2.22. The van der Waals surface area contributed by atoms with E-state index in [0.29, 0.717) is 41.8 Å². The smallest absolute Gasteiger partial charge is 0.216 e. The summed E-state index contributed by atoms with van der Waals surface area (Å²) >= 11 is 0. The Balaban J connectivity index is 1.76. The molecule has 0 radical (unpaired) electrons. The number of nitrogens with two attached hydrogens (primary N) is 1. The van der Waals surface area contributed by atoms with Gasteiger partial charge in [0, 0.05) is 19.2 Å². The fraction of sp³-hybridized carbons (Fsp3) is 0.524. The summed E-state index contributed by atoms with van der Waals surface area (Å²) in [5.74, 6) is 6.89. The summed E-state index contributed by atoms with van der Waals surface area (Å²) in [4.78, 5) is 11.6. The van der Waals surface area contributed by atoms with Gasteiger partial charge in [0.2, 0.25) is 5.88 Å². The summed E-state index contributed by atoms with van der Waals surface area (Å²) in [6.45, 7) is 9.43. The van der Waals surface area contributed by atoms with E-state index >= 15 is 0 Å². The Morgan fingerprint density at radius 3 is 2.68 bits per heavy atom. The van der Waals surface area contributed by atoms with Gasteiger partial charge in [0.05, 0.1) is 5.52 Å². The first-order valence-corrected chi connectivity index (χ1v) is 10.5. The molecule has 3 aromatic heterocycles. The van der Waals surface area contributed by atoms with Gasteiger partial charge in [-0.2, -0.15) is 0 Å². The Kier molecular flexibility index (Phi) is 5.80. The third-order valence-electron chi connectivity index (χ3n) is 5.10. The largest absolute Gasteiger partial charge is 0.476 e. The second kappa shape index (κ2) is 8.53. The number of anilines is 1. The predicted octanol–water partition coefficient (Wildman–Crippen LogP) is 1.68. The number of aliphatic hydroxyl groups is 1. The van der Waals surface area contributed by atoms with Gasteiger partial charge in [-0.25, -0.2) is 14.6 Å². The molecule has 0 aliphatic carbocycles. The normalized spacial score (nSPS) is 14.7. The van der Waals surface area contributed by atoms with Crippen LogP contribution in [0.25, 0.3) is 22.6 Å². The molecule has 3 N–H and O–H groups in total. The van der Waals surface area contributed by atoms with Crippen molar-refractivity contribution in [1.82, 2.24) is 29.7 Å². The molecular weight excluding hydrogens is 398 g/mol. The highest BCUT2D eigenvalue weighted by Crippen LogP contribution is 2.29. The van der Waals surface area contributed by atoms with Crippen LogP contribution in [0.2, 0.25) is 0 Å². The van der Waals surface area contributed by atoms with E-state index in [1.54, 1.807) is 13.8 Å². The molecule has 0 amide bonds.